The van der Waals surface area contributed by atoms with Gasteiger partial charge in [-0.3, -0.25) is 0 Å². The second-order valence-corrected chi connectivity index (χ2v) is 4.30. The number of hydrogen-bond acceptors (Lipinski definition) is 2. The first-order valence-electron chi connectivity index (χ1n) is 6.22. The van der Waals surface area contributed by atoms with Crippen molar-refractivity contribution in [2.75, 3.05) is 6.54 Å². The van der Waals surface area contributed by atoms with E-state index in [-0.39, 0.29) is 5.75 Å². The van der Waals surface area contributed by atoms with Gasteiger partial charge in [-0.05, 0) is 55.8 Å². The summed E-state index contributed by atoms with van der Waals surface area (Å²) in [5.74, 6) is -0.225. The van der Waals surface area contributed by atoms with Crippen LogP contribution in [-0.4, -0.2) is 17.5 Å². The lowest BCUT2D eigenvalue weighted by atomic mass is 10.2. The quantitative estimate of drug-likeness (QED) is 0.915. The van der Waals surface area contributed by atoms with Gasteiger partial charge in [0.2, 0.25) is 0 Å². The number of ether oxygens (including phenoxy) is 1. The van der Waals surface area contributed by atoms with Gasteiger partial charge in [0.25, 0.3) is 0 Å². The van der Waals surface area contributed by atoms with Crippen LogP contribution in [0.25, 0.3) is 5.69 Å². The van der Waals surface area contributed by atoms with E-state index >= 15 is 0 Å². The highest BCUT2D eigenvalue weighted by Crippen LogP contribution is 2.24. The predicted octanol–water partition coefficient (Wildman–Crippen LogP) is 3.27. The maximum atomic E-state index is 12.1. The number of aryl methyl sites for hydroxylation is 1. The van der Waals surface area contributed by atoms with E-state index in [1.807, 2.05) is 22.9 Å². The predicted molar refractivity (Wildman–Crippen MR) is 69.8 cm³/mol. The van der Waals surface area contributed by atoms with Crippen molar-refractivity contribution in [3.05, 3.63) is 48.3 Å². The second kappa shape index (κ2) is 6.00. The molecule has 1 heterocycles. The molecule has 0 aliphatic carbocycles. The molecule has 6 heteroatoms. The number of alkyl halides is 3. The van der Waals surface area contributed by atoms with Crippen LogP contribution in [0.4, 0.5) is 13.2 Å². The van der Waals surface area contributed by atoms with Gasteiger partial charge in [0.1, 0.15) is 5.75 Å². The van der Waals surface area contributed by atoms with E-state index in [1.54, 1.807) is 12.1 Å². The number of nitrogens with two attached hydrogens (primary N) is 1. The van der Waals surface area contributed by atoms with E-state index in [0.717, 1.165) is 24.2 Å². The number of benzene rings is 1. The molecule has 0 radical (unpaired) electrons. The second-order valence-electron chi connectivity index (χ2n) is 4.30. The number of nitrogens with zero attached hydrogens (tertiary/aromatic N) is 1. The van der Waals surface area contributed by atoms with Gasteiger partial charge < -0.3 is 15.0 Å². The van der Waals surface area contributed by atoms with E-state index in [2.05, 4.69) is 4.74 Å². The molecule has 0 aliphatic rings. The van der Waals surface area contributed by atoms with Gasteiger partial charge >= 0.3 is 6.36 Å². The van der Waals surface area contributed by atoms with Crippen LogP contribution in [0.2, 0.25) is 0 Å². The molecule has 0 aliphatic heterocycles. The zero-order valence-electron chi connectivity index (χ0n) is 10.7. The first-order valence-corrected chi connectivity index (χ1v) is 6.22. The largest absolute Gasteiger partial charge is 0.573 e. The first-order chi connectivity index (χ1) is 9.49. The van der Waals surface area contributed by atoms with Gasteiger partial charge in [-0.1, -0.05) is 0 Å². The van der Waals surface area contributed by atoms with E-state index in [0.29, 0.717) is 6.54 Å². The van der Waals surface area contributed by atoms with Crippen molar-refractivity contribution in [2.45, 2.75) is 19.2 Å². The van der Waals surface area contributed by atoms with Crippen LogP contribution in [0.1, 0.15) is 12.1 Å². The third-order valence-corrected chi connectivity index (χ3v) is 2.82. The average molecular weight is 284 g/mol. The normalized spacial score (nSPS) is 11.6. The Morgan fingerprint density at radius 2 is 1.80 bits per heavy atom. The topological polar surface area (TPSA) is 40.2 Å². The molecule has 1 aromatic carbocycles. The fourth-order valence-electron chi connectivity index (χ4n) is 1.96. The molecule has 0 saturated carbocycles. The summed E-state index contributed by atoms with van der Waals surface area (Å²) >= 11 is 0. The summed E-state index contributed by atoms with van der Waals surface area (Å²) in [6.07, 6.45) is -1.11. The standard InChI is InChI=1S/C14H15F3N2O/c15-14(16,17)20-13-7-5-12(6-8-13)19-10-2-4-11(19)3-1-9-18/h2,4-8,10H,1,3,9,18H2. The Bertz CT molecular complexity index is 546. The third kappa shape index (κ3) is 3.77. The van der Waals surface area contributed by atoms with Gasteiger partial charge in [-0.15, -0.1) is 13.2 Å². The summed E-state index contributed by atoms with van der Waals surface area (Å²) in [5.41, 5.74) is 7.34. The molecule has 0 unspecified atom stereocenters. The van der Waals surface area contributed by atoms with E-state index < -0.39 is 6.36 Å². The Morgan fingerprint density at radius 3 is 2.40 bits per heavy atom. The lowest BCUT2D eigenvalue weighted by Gasteiger charge is -2.11. The van der Waals surface area contributed by atoms with Crippen molar-refractivity contribution in [1.82, 2.24) is 4.57 Å². The van der Waals surface area contributed by atoms with Crippen LogP contribution >= 0.6 is 0 Å². The summed E-state index contributed by atoms with van der Waals surface area (Å²) in [6, 6.07) is 9.65. The van der Waals surface area contributed by atoms with E-state index in [4.69, 9.17) is 5.73 Å². The van der Waals surface area contributed by atoms with Gasteiger partial charge in [-0.25, -0.2) is 0 Å². The maximum absolute atomic E-state index is 12.1. The molecule has 0 saturated heterocycles. The summed E-state index contributed by atoms with van der Waals surface area (Å²) in [6.45, 7) is 0.601. The van der Waals surface area contributed by atoms with Crippen molar-refractivity contribution in [3.8, 4) is 11.4 Å². The lowest BCUT2D eigenvalue weighted by Crippen LogP contribution is -2.17. The summed E-state index contributed by atoms with van der Waals surface area (Å²) < 4.78 is 42.0. The smallest absolute Gasteiger partial charge is 0.406 e. The highest BCUT2D eigenvalue weighted by atomic mass is 19.4. The molecule has 0 bridgehead atoms. The number of rotatable bonds is 5. The maximum Gasteiger partial charge on any atom is 0.573 e. The van der Waals surface area contributed by atoms with Crippen LogP contribution in [0.15, 0.2) is 42.6 Å². The van der Waals surface area contributed by atoms with Gasteiger partial charge in [0.05, 0.1) is 0 Å². The van der Waals surface area contributed by atoms with E-state index in [1.165, 1.54) is 12.1 Å². The number of aromatic nitrogens is 1. The zero-order valence-corrected chi connectivity index (χ0v) is 10.7. The van der Waals surface area contributed by atoms with E-state index in [9.17, 15) is 13.2 Å². The van der Waals surface area contributed by atoms with Crippen LogP contribution in [0.3, 0.4) is 0 Å². The minimum atomic E-state index is -4.67. The summed E-state index contributed by atoms with van der Waals surface area (Å²) in [7, 11) is 0. The molecule has 2 aromatic rings. The summed E-state index contributed by atoms with van der Waals surface area (Å²) in [4.78, 5) is 0. The van der Waals surface area contributed by atoms with Crippen molar-refractivity contribution in [3.63, 3.8) is 0 Å². The monoisotopic (exact) mass is 284 g/mol. The summed E-state index contributed by atoms with van der Waals surface area (Å²) in [5, 5.41) is 0. The molecule has 2 N–H and O–H groups in total. The fraction of sp³-hybridized carbons (Fsp3) is 0.286. The fourth-order valence-corrected chi connectivity index (χ4v) is 1.96. The van der Waals surface area contributed by atoms with Crippen LogP contribution in [-0.2, 0) is 6.42 Å². The Balaban J connectivity index is 2.16. The molecular formula is C14H15F3N2O. The molecule has 2 rings (SSSR count). The zero-order chi connectivity index (χ0) is 14.6. The highest BCUT2D eigenvalue weighted by Gasteiger charge is 2.30. The Hall–Kier alpha value is -1.95. The van der Waals surface area contributed by atoms with Crippen molar-refractivity contribution in [2.24, 2.45) is 5.73 Å². The van der Waals surface area contributed by atoms with Crippen molar-refractivity contribution >= 4 is 0 Å². The molecule has 3 nitrogen and oxygen atoms in total. The van der Waals surface area contributed by atoms with Crippen LogP contribution in [0, 0.1) is 0 Å². The van der Waals surface area contributed by atoms with Gasteiger partial charge in [0, 0.05) is 17.6 Å². The average Bonchev–Trinajstić information content (AvgIpc) is 2.83. The lowest BCUT2D eigenvalue weighted by molar-refractivity contribution is -0.274. The Kier molecular flexibility index (Phi) is 4.34. The third-order valence-electron chi connectivity index (χ3n) is 2.82. The van der Waals surface area contributed by atoms with Crippen LogP contribution < -0.4 is 10.5 Å². The number of hydrogen-bond donors (Lipinski definition) is 1. The Labute approximate surface area is 114 Å². The number of halogens is 3. The van der Waals surface area contributed by atoms with Gasteiger partial charge in [-0.2, -0.15) is 0 Å². The molecule has 1 aromatic heterocycles. The minimum Gasteiger partial charge on any atom is -0.406 e. The Morgan fingerprint density at radius 1 is 1.10 bits per heavy atom. The molecule has 0 atom stereocenters. The SMILES string of the molecule is NCCCc1cccn1-c1ccc(OC(F)(F)F)cc1. The highest BCUT2D eigenvalue weighted by molar-refractivity contribution is 5.39. The minimum absolute atomic E-state index is 0.225. The molecule has 20 heavy (non-hydrogen) atoms. The van der Waals surface area contributed by atoms with Crippen molar-refractivity contribution < 1.29 is 17.9 Å². The first kappa shape index (κ1) is 14.5. The molecular weight excluding hydrogens is 269 g/mol. The molecule has 108 valence electrons. The molecule has 0 amide bonds. The van der Waals surface area contributed by atoms with Gasteiger partial charge in [0.15, 0.2) is 0 Å². The van der Waals surface area contributed by atoms with Crippen LogP contribution in [0.5, 0.6) is 5.75 Å². The molecule has 0 spiro atoms. The van der Waals surface area contributed by atoms with Crippen molar-refractivity contribution in [1.29, 1.82) is 0 Å². The molecule has 0 fully saturated rings.